The molecule has 2 rings (SSSR count). The van der Waals surface area contributed by atoms with Gasteiger partial charge in [-0.2, -0.15) is 0 Å². The minimum atomic E-state index is -0.260. The molecule has 2 N–H and O–H groups in total. The first-order valence-corrected chi connectivity index (χ1v) is 7.31. The van der Waals surface area contributed by atoms with E-state index in [9.17, 15) is 9.59 Å². The van der Waals surface area contributed by atoms with Gasteiger partial charge in [0.2, 0.25) is 5.91 Å². The lowest BCUT2D eigenvalue weighted by Crippen LogP contribution is -2.13. The number of carbonyl (C=O) groups is 2. The van der Waals surface area contributed by atoms with E-state index in [0.29, 0.717) is 27.7 Å². The van der Waals surface area contributed by atoms with Gasteiger partial charge in [-0.05, 0) is 48.9 Å². The summed E-state index contributed by atoms with van der Waals surface area (Å²) >= 11 is 6.08. The van der Waals surface area contributed by atoms with Crippen LogP contribution in [-0.2, 0) is 4.79 Å². The van der Waals surface area contributed by atoms with Crippen LogP contribution in [0.2, 0.25) is 5.02 Å². The highest BCUT2D eigenvalue weighted by Gasteiger charge is 2.11. The quantitative estimate of drug-likeness (QED) is 0.893. The topological polar surface area (TPSA) is 67.4 Å². The Hall–Kier alpha value is -2.53. The van der Waals surface area contributed by atoms with Gasteiger partial charge >= 0.3 is 0 Å². The Morgan fingerprint density at radius 3 is 2.30 bits per heavy atom. The third-order valence-corrected chi connectivity index (χ3v) is 3.51. The Morgan fingerprint density at radius 2 is 1.74 bits per heavy atom. The normalized spacial score (nSPS) is 10.1. The number of aryl methyl sites for hydroxylation is 1. The van der Waals surface area contributed by atoms with Gasteiger partial charge in [0.25, 0.3) is 5.91 Å². The number of methoxy groups -OCH3 is 1. The molecule has 0 spiro atoms. The molecular formula is C17H17ClN2O3. The van der Waals surface area contributed by atoms with Crippen molar-refractivity contribution in [1.29, 1.82) is 0 Å². The van der Waals surface area contributed by atoms with Crippen LogP contribution in [0.3, 0.4) is 0 Å². The maximum Gasteiger partial charge on any atom is 0.255 e. The first kappa shape index (κ1) is 16.8. The Labute approximate surface area is 139 Å². The van der Waals surface area contributed by atoms with Crippen LogP contribution in [0, 0.1) is 6.92 Å². The number of nitrogens with one attached hydrogen (secondary N) is 2. The van der Waals surface area contributed by atoms with Crippen molar-refractivity contribution < 1.29 is 14.3 Å². The van der Waals surface area contributed by atoms with Crippen LogP contribution in [-0.4, -0.2) is 18.9 Å². The van der Waals surface area contributed by atoms with E-state index < -0.39 is 0 Å². The van der Waals surface area contributed by atoms with Crippen molar-refractivity contribution in [3.8, 4) is 5.75 Å². The van der Waals surface area contributed by atoms with Crippen molar-refractivity contribution in [2.24, 2.45) is 0 Å². The van der Waals surface area contributed by atoms with Gasteiger partial charge in [0.1, 0.15) is 5.75 Å². The lowest BCUT2D eigenvalue weighted by Gasteiger charge is -2.12. The van der Waals surface area contributed by atoms with Crippen LogP contribution in [0.15, 0.2) is 36.4 Å². The molecule has 0 aliphatic heterocycles. The van der Waals surface area contributed by atoms with E-state index >= 15 is 0 Å². The Kier molecular flexibility index (Phi) is 5.24. The standard InChI is InChI=1S/C17H17ClN2O3/c1-10-8-16(23-3)14(18)9-15(10)20-17(22)12-4-6-13(7-5-12)19-11(2)21/h4-9H,1-3H3,(H,19,21)(H,20,22). The monoisotopic (exact) mass is 332 g/mol. The first-order chi connectivity index (χ1) is 10.9. The van der Waals surface area contributed by atoms with Crippen molar-refractivity contribution >= 4 is 34.8 Å². The van der Waals surface area contributed by atoms with Gasteiger partial charge in [-0.25, -0.2) is 0 Å². The molecule has 0 aliphatic rings. The molecule has 0 bridgehead atoms. The highest BCUT2D eigenvalue weighted by Crippen LogP contribution is 2.30. The lowest BCUT2D eigenvalue weighted by atomic mass is 10.1. The third-order valence-electron chi connectivity index (χ3n) is 3.21. The molecule has 0 aliphatic carbocycles. The number of amides is 2. The first-order valence-electron chi connectivity index (χ1n) is 6.94. The maximum absolute atomic E-state index is 12.3. The van der Waals surface area contributed by atoms with E-state index in [-0.39, 0.29) is 11.8 Å². The number of anilines is 2. The van der Waals surface area contributed by atoms with Crippen LogP contribution in [0.4, 0.5) is 11.4 Å². The number of hydrogen-bond donors (Lipinski definition) is 2. The molecule has 0 atom stereocenters. The Morgan fingerprint density at radius 1 is 1.09 bits per heavy atom. The molecule has 2 aromatic carbocycles. The van der Waals surface area contributed by atoms with E-state index in [1.165, 1.54) is 14.0 Å². The minimum Gasteiger partial charge on any atom is -0.495 e. The Balaban J connectivity index is 2.16. The highest BCUT2D eigenvalue weighted by molar-refractivity contribution is 6.32. The van der Waals surface area contributed by atoms with Crippen LogP contribution < -0.4 is 15.4 Å². The van der Waals surface area contributed by atoms with Crippen LogP contribution in [0.5, 0.6) is 5.75 Å². The average Bonchev–Trinajstić information content (AvgIpc) is 2.50. The summed E-state index contributed by atoms with van der Waals surface area (Å²) in [5.74, 6) is 0.135. The fourth-order valence-electron chi connectivity index (χ4n) is 2.05. The molecule has 0 heterocycles. The van der Waals surface area contributed by atoms with E-state index in [1.54, 1.807) is 36.4 Å². The predicted molar refractivity (Wildman–Crippen MR) is 91.4 cm³/mol. The summed E-state index contributed by atoms with van der Waals surface area (Å²) in [6.45, 7) is 3.28. The third kappa shape index (κ3) is 4.23. The van der Waals surface area contributed by atoms with E-state index in [2.05, 4.69) is 10.6 Å². The number of halogens is 1. The van der Waals surface area contributed by atoms with Gasteiger partial charge in [-0.15, -0.1) is 0 Å². The number of rotatable bonds is 4. The number of hydrogen-bond acceptors (Lipinski definition) is 3. The van der Waals surface area contributed by atoms with Gasteiger partial charge in [-0.1, -0.05) is 11.6 Å². The zero-order chi connectivity index (χ0) is 17.0. The van der Waals surface area contributed by atoms with Crippen LogP contribution in [0.25, 0.3) is 0 Å². The molecule has 2 amide bonds. The molecule has 0 aromatic heterocycles. The second kappa shape index (κ2) is 7.15. The van der Waals surface area contributed by atoms with E-state index in [0.717, 1.165) is 5.56 Å². The zero-order valence-electron chi connectivity index (χ0n) is 13.1. The molecule has 23 heavy (non-hydrogen) atoms. The van der Waals surface area contributed by atoms with Gasteiger partial charge in [-0.3, -0.25) is 9.59 Å². The fourth-order valence-corrected chi connectivity index (χ4v) is 2.29. The predicted octanol–water partition coefficient (Wildman–Crippen LogP) is 3.87. The summed E-state index contributed by atoms with van der Waals surface area (Å²) in [4.78, 5) is 23.3. The molecule has 5 nitrogen and oxygen atoms in total. The van der Waals surface area contributed by atoms with E-state index in [4.69, 9.17) is 16.3 Å². The van der Waals surface area contributed by atoms with Gasteiger partial charge in [0.05, 0.1) is 12.1 Å². The summed E-state index contributed by atoms with van der Waals surface area (Å²) < 4.78 is 5.14. The number of carbonyl (C=O) groups excluding carboxylic acids is 2. The molecule has 120 valence electrons. The summed E-state index contributed by atoms with van der Waals surface area (Å²) in [6.07, 6.45) is 0. The lowest BCUT2D eigenvalue weighted by molar-refractivity contribution is -0.114. The number of ether oxygens (including phenoxy) is 1. The van der Waals surface area contributed by atoms with Crippen molar-refractivity contribution in [1.82, 2.24) is 0 Å². The van der Waals surface area contributed by atoms with E-state index in [1.807, 2.05) is 6.92 Å². The Bertz CT molecular complexity index is 742. The molecule has 0 saturated heterocycles. The van der Waals surface area contributed by atoms with Gasteiger partial charge in [0.15, 0.2) is 0 Å². The molecule has 0 radical (unpaired) electrons. The summed E-state index contributed by atoms with van der Waals surface area (Å²) in [7, 11) is 1.54. The molecule has 6 heteroatoms. The second-order valence-electron chi connectivity index (χ2n) is 5.01. The van der Waals surface area contributed by atoms with Gasteiger partial charge in [0, 0.05) is 23.9 Å². The molecule has 2 aromatic rings. The highest BCUT2D eigenvalue weighted by atomic mass is 35.5. The van der Waals surface area contributed by atoms with Crippen LogP contribution >= 0.6 is 11.6 Å². The number of benzene rings is 2. The molecule has 0 saturated carbocycles. The average molecular weight is 333 g/mol. The summed E-state index contributed by atoms with van der Waals surface area (Å²) in [6, 6.07) is 10.0. The summed E-state index contributed by atoms with van der Waals surface area (Å²) in [5.41, 5.74) is 2.57. The fraction of sp³-hybridized carbons (Fsp3) is 0.176. The summed E-state index contributed by atoms with van der Waals surface area (Å²) in [5, 5.41) is 5.89. The largest absolute Gasteiger partial charge is 0.495 e. The maximum atomic E-state index is 12.3. The SMILES string of the molecule is COc1cc(C)c(NC(=O)c2ccc(NC(C)=O)cc2)cc1Cl. The molecule has 0 unspecified atom stereocenters. The molecular weight excluding hydrogens is 316 g/mol. The molecule has 0 fully saturated rings. The van der Waals surface area contributed by atoms with Crippen molar-refractivity contribution in [2.45, 2.75) is 13.8 Å². The van der Waals surface area contributed by atoms with Crippen molar-refractivity contribution in [3.63, 3.8) is 0 Å². The van der Waals surface area contributed by atoms with Crippen molar-refractivity contribution in [3.05, 3.63) is 52.5 Å². The minimum absolute atomic E-state index is 0.161. The van der Waals surface area contributed by atoms with Crippen molar-refractivity contribution in [2.75, 3.05) is 17.7 Å². The van der Waals surface area contributed by atoms with Crippen LogP contribution in [0.1, 0.15) is 22.8 Å². The zero-order valence-corrected chi connectivity index (χ0v) is 13.8. The second-order valence-corrected chi connectivity index (χ2v) is 5.42. The van der Waals surface area contributed by atoms with Gasteiger partial charge < -0.3 is 15.4 Å². The smallest absolute Gasteiger partial charge is 0.255 e.